The van der Waals surface area contributed by atoms with Crippen LogP contribution in [0.5, 0.6) is 0 Å². The first-order chi connectivity index (χ1) is 16.2. The number of tetrazole rings is 1. The average Bonchev–Trinajstić information content (AvgIpc) is 3.42. The van der Waals surface area contributed by atoms with E-state index < -0.39 is 23.6 Å². The lowest BCUT2D eigenvalue weighted by Gasteiger charge is -2.15. The van der Waals surface area contributed by atoms with Crippen molar-refractivity contribution in [1.29, 1.82) is 0 Å². The monoisotopic (exact) mass is 470 g/mol. The molecule has 0 atom stereocenters. The Morgan fingerprint density at radius 3 is 2.26 bits per heavy atom. The molecule has 178 valence electrons. The molecule has 0 aliphatic rings. The highest BCUT2D eigenvalue weighted by atomic mass is 19.4. The number of imidazole rings is 1. The molecule has 0 aliphatic heterocycles. The topological polar surface area (TPSA) is 81.4 Å². The molecule has 0 aliphatic carbocycles. The Hall–Kier alpha value is -3.69. The third-order valence-corrected chi connectivity index (χ3v) is 5.67. The van der Waals surface area contributed by atoms with E-state index >= 15 is 0 Å². The van der Waals surface area contributed by atoms with Crippen molar-refractivity contribution in [1.82, 2.24) is 29.8 Å². The van der Waals surface area contributed by atoms with Crippen LogP contribution in [0, 0.1) is 0 Å². The zero-order chi connectivity index (χ0) is 24.5. The van der Waals surface area contributed by atoms with E-state index in [1.54, 1.807) is 20.8 Å². The third-order valence-electron chi connectivity index (χ3n) is 5.67. The Bertz CT molecular complexity index is 1320. The van der Waals surface area contributed by atoms with Crippen molar-refractivity contribution in [2.24, 2.45) is 0 Å². The van der Waals surface area contributed by atoms with Crippen LogP contribution in [-0.4, -0.2) is 29.8 Å². The molecule has 0 spiro atoms. The van der Waals surface area contributed by atoms with Gasteiger partial charge in [-0.25, -0.2) is 4.79 Å². The van der Waals surface area contributed by atoms with E-state index in [2.05, 4.69) is 20.6 Å². The van der Waals surface area contributed by atoms with Crippen LogP contribution < -0.4 is 5.69 Å². The van der Waals surface area contributed by atoms with E-state index in [0.717, 1.165) is 26.8 Å². The maximum absolute atomic E-state index is 13.9. The minimum Gasteiger partial charge on any atom is -0.291 e. The van der Waals surface area contributed by atoms with Crippen molar-refractivity contribution >= 4 is 0 Å². The first-order valence-corrected chi connectivity index (χ1v) is 11.1. The van der Waals surface area contributed by atoms with Crippen molar-refractivity contribution in [3.05, 3.63) is 76.0 Å². The van der Waals surface area contributed by atoms with Gasteiger partial charge in [0.2, 0.25) is 5.82 Å². The molecule has 10 heteroatoms. The highest BCUT2D eigenvalue weighted by Gasteiger charge is 2.40. The standard InChI is InChI=1S/C24H25F3N6O/c1-4-7-20-21(24(25,26)27)33(15(2)3)23(34)32(20)14-16-10-12-17(13-11-16)18-8-5-6-9-19(18)22-28-30-31-29-22/h5-6,8-13,15H,4,7,14H2,1-3H3,(H,28,29,30,31). The lowest BCUT2D eigenvalue weighted by molar-refractivity contribution is -0.144. The van der Waals surface area contributed by atoms with Gasteiger partial charge in [-0.3, -0.25) is 9.13 Å². The molecule has 34 heavy (non-hydrogen) atoms. The zero-order valence-electron chi connectivity index (χ0n) is 19.1. The van der Waals surface area contributed by atoms with Gasteiger partial charge in [-0.2, -0.15) is 18.4 Å². The molecule has 0 radical (unpaired) electrons. The summed E-state index contributed by atoms with van der Waals surface area (Å²) in [7, 11) is 0. The highest BCUT2D eigenvalue weighted by molar-refractivity contribution is 5.80. The molecule has 2 aromatic heterocycles. The molecule has 0 fully saturated rings. The van der Waals surface area contributed by atoms with Gasteiger partial charge in [-0.1, -0.05) is 61.9 Å². The Labute approximate surface area is 194 Å². The number of aromatic amines is 1. The van der Waals surface area contributed by atoms with Crippen LogP contribution in [0.25, 0.3) is 22.5 Å². The van der Waals surface area contributed by atoms with Crippen molar-refractivity contribution in [3.63, 3.8) is 0 Å². The number of alkyl halides is 3. The second kappa shape index (κ2) is 9.28. The van der Waals surface area contributed by atoms with E-state index in [4.69, 9.17) is 0 Å². The van der Waals surface area contributed by atoms with Crippen molar-refractivity contribution < 1.29 is 13.2 Å². The first-order valence-electron chi connectivity index (χ1n) is 11.1. The molecular formula is C24H25F3N6O. The Morgan fingerprint density at radius 2 is 1.71 bits per heavy atom. The van der Waals surface area contributed by atoms with E-state index in [1.807, 2.05) is 48.5 Å². The maximum Gasteiger partial charge on any atom is 0.433 e. The minimum atomic E-state index is -4.61. The molecule has 1 N–H and O–H groups in total. The van der Waals surface area contributed by atoms with E-state index in [-0.39, 0.29) is 18.7 Å². The summed E-state index contributed by atoms with van der Waals surface area (Å²) in [5.41, 5.74) is 1.85. The average molecular weight is 470 g/mol. The van der Waals surface area contributed by atoms with Crippen molar-refractivity contribution in [3.8, 4) is 22.5 Å². The fourth-order valence-corrected chi connectivity index (χ4v) is 4.22. The van der Waals surface area contributed by atoms with Gasteiger partial charge in [-0.05, 0) is 42.2 Å². The summed E-state index contributed by atoms with van der Waals surface area (Å²) in [6.45, 7) is 5.04. The number of nitrogens with zero attached hydrogens (tertiary/aromatic N) is 5. The quantitative estimate of drug-likeness (QED) is 0.408. The van der Waals surface area contributed by atoms with E-state index in [1.165, 1.54) is 4.57 Å². The Morgan fingerprint density at radius 1 is 1.03 bits per heavy atom. The summed E-state index contributed by atoms with van der Waals surface area (Å²) in [6, 6.07) is 14.4. The molecule has 2 aromatic carbocycles. The number of halogens is 3. The Balaban J connectivity index is 1.73. The van der Waals surface area contributed by atoms with Gasteiger partial charge < -0.3 is 0 Å². The maximum atomic E-state index is 13.9. The summed E-state index contributed by atoms with van der Waals surface area (Å²) < 4.78 is 43.9. The number of hydrogen-bond donors (Lipinski definition) is 1. The van der Waals surface area contributed by atoms with Gasteiger partial charge in [0.15, 0.2) is 0 Å². The predicted molar refractivity (Wildman–Crippen MR) is 122 cm³/mol. The second-order valence-corrected chi connectivity index (χ2v) is 8.35. The molecule has 2 heterocycles. The van der Waals surface area contributed by atoms with Crippen LogP contribution in [0.1, 0.15) is 50.2 Å². The summed E-state index contributed by atoms with van der Waals surface area (Å²) >= 11 is 0. The first kappa shape index (κ1) is 23.5. The normalized spacial score (nSPS) is 12.0. The van der Waals surface area contributed by atoms with Crippen molar-refractivity contribution in [2.45, 2.75) is 52.4 Å². The summed E-state index contributed by atoms with van der Waals surface area (Å²) in [5.74, 6) is 0.463. The van der Waals surface area contributed by atoms with E-state index in [9.17, 15) is 18.0 Å². The molecule has 4 aromatic rings. The Kier molecular flexibility index (Phi) is 6.41. The number of hydrogen-bond acceptors (Lipinski definition) is 4. The molecule has 0 amide bonds. The van der Waals surface area contributed by atoms with Gasteiger partial charge in [0.1, 0.15) is 5.69 Å². The fraction of sp³-hybridized carbons (Fsp3) is 0.333. The van der Waals surface area contributed by atoms with Gasteiger partial charge in [0.05, 0.1) is 12.2 Å². The van der Waals surface area contributed by atoms with Gasteiger partial charge in [-0.15, -0.1) is 10.2 Å². The van der Waals surface area contributed by atoms with Gasteiger partial charge in [0, 0.05) is 11.6 Å². The second-order valence-electron chi connectivity index (χ2n) is 8.35. The van der Waals surface area contributed by atoms with E-state index in [0.29, 0.717) is 12.2 Å². The highest BCUT2D eigenvalue weighted by Crippen LogP contribution is 2.34. The van der Waals surface area contributed by atoms with Crippen LogP contribution in [0.15, 0.2) is 53.3 Å². The molecule has 7 nitrogen and oxygen atoms in total. The number of H-pyrrole nitrogens is 1. The smallest absolute Gasteiger partial charge is 0.291 e. The van der Waals surface area contributed by atoms with Gasteiger partial charge >= 0.3 is 11.9 Å². The summed E-state index contributed by atoms with van der Waals surface area (Å²) in [4.78, 5) is 13.0. The lowest BCUT2D eigenvalue weighted by Crippen LogP contribution is -2.28. The largest absolute Gasteiger partial charge is 0.433 e. The molecule has 0 unspecified atom stereocenters. The SMILES string of the molecule is CCCc1c(C(F)(F)F)n(C(C)C)c(=O)n1Cc1ccc(-c2ccccc2-c2nn[nH]n2)cc1. The van der Waals surface area contributed by atoms with Gasteiger partial charge in [0.25, 0.3) is 0 Å². The minimum absolute atomic E-state index is 0.0280. The van der Waals surface area contributed by atoms with Crippen LogP contribution in [0.3, 0.4) is 0 Å². The van der Waals surface area contributed by atoms with Crippen LogP contribution in [0.4, 0.5) is 13.2 Å². The number of rotatable bonds is 7. The molecule has 0 saturated carbocycles. The molecule has 0 bridgehead atoms. The summed E-state index contributed by atoms with van der Waals surface area (Å²) in [6.07, 6.45) is -3.95. The zero-order valence-corrected chi connectivity index (χ0v) is 19.1. The molecule has 0 saturated heterocycles. The lowest BCUT2D eigenvalue weighted by atomic mass is 9.98. The molecular weight excluding hydrogens is 445 g/mol. The van der Waals surface area contributed by atoms with Crippen LogP contribution in [0.2, 0.25) is 0 Å². The number of aromatic nitrogens is 6. The number of benzene rings is 2. The fourth-order valence-electron chi connectivity index (χ4n) is 4.22. The van der Waals surface area contributed by atoms with Crippen LogP contribution >= 0.6 is 0 Å². The van der Waals surface area contributed by atoms with Crippen molar-refractivity contribution in [2.75, 3.05) is 0 Å². The number of nitrogens with one attached hydrogen (secondary N) is 1. The summed E-state index contributed by atoms with van der Waals surface area (Å²) in [5, 5.41) is 14.2. The predicted octanol–water partition coefficient (Wildman–Crippen LogP) is 5.10. The third kappa shape index (κ3) is 4.40. The van der Waals surface area contributed by atoms with Crippen LogP contribution in [-0.2, 0) is 19.1 Å². The molecule has 4 rings (SSSR count).